The van der Waals surface area contributed by atoms with E-state index in [1.807, 2.05) is 0 Å². The van der Waals surface area contributed by atoms with Crippen LogP contribution in [0.5, 0.6) is 0 Å². The Morgan fingerprint density at radius 3 is 2.48 bits per heavy atom. The lowest BCUT2D eigenvalue weighted by Crippen LogP contribution is -2.46. The molecule has 0 amide bonds. The standard InChI is InChI=1S/C8H17NO2S.C7H15NO/c1-3-7(2)9-8-4-5-12(10,11)6-8;1-3-7-5-9-4-6(2)8-7/h7-9H,3-6H2,1-2H3;6-8H,3-5H2,1-2H3. The van der Waals surface area contributed by atoms with Crippen molar-refractivity contribution in [3.63, 3.8) is 0 Å². The molecule has 21 heavy (non-hydrogen) atoms. The summed E-state index contributed by atoms with van der Waals surface area (Å²) >= 11 is 0. The molecule has 0 saturated carbocycles. The molecule has 0 aromatic carbocycles. The molecule has 2 aliphatic rings. The average Bonchev–Trinajstić information content (AvgIpc) is 2.78. The molecule has 2 heterocycles. The zero-order chi connectivity index (χ0) is 15.9. The molecule has 2 saturated heterocycles. The van der Waals surface area contributed by atoms with Gasteiger partial charge in [0, 0.05) is 24.2 Å². The molecule has 2 fully saturated rings. The molecule has 5 nitrogen and oxygen atoms in total. The van der Waals surface area contributed by atoms with E-state index in [-0.39, 0.29) is 6.04 Å². The highest BCUT2D eigenvalue weighted by Crippen LogP contribution is 2.12. The zero-order valence-corrected chi connectivity index (χ0v) is 14.7. The third-order valence-electron chi connectivity index (χ3n) is 4.06. The third kappa shape index (κ3) is 7.58. The van der Waals surface area contributed by atoms with Crippen LogP contribution >= 0.6 is 0 Å². The number of hydrogen-bond acceptors (Lipinski definition) is 5. The molecule has 2 aliphatic heterocycles. The van der Waals surface area contributed by atoms with Gasteiger partial charge >= 0.3 is 0 Å². The van der Waals surface area contributed by atoms with Crippen LogP contribution < -0.4 is 10.6 Å². The van der Waals surface area contributed by atoms with Crippen molar-refractivity contribution in [3.8, 4) is 0 Å². The van der Waals surface area contributed by atoms with Crippen LogP contribution in [0.3, 0.4) is 0 Å². The van der Waals surface area contributed by atoms with Crippen LogP contribution in [-0.4, -0.2) is 57.3 Å². The van der Waals surface area contributed by atoms with Gasteiger partial charge in [0.1, 0.15) is 0 Å². The molecule has 4 atom stereocenters. The van der Waals surface area contributed by atoms with Crippen LogP contribution in [0, 0.1) is 0 Å². The highest BCUT2D eigenvalue weighted by atomic mass is 32.2. The summed E-state index contributed by atoms with van der Waals surface area (Å²) in [5.41, 5.74) is 0. The number of morpholine rings is 1. The van der Waals surface area contributed by atoms with E-state index < -0.39 is 9.84 Å². The summed E-state index contributed by atoms with van der Waals surface area (Å²) < 4.78 is 27.5. The van der Waals surface area contributed by atoms with Crippen molar-refractivity contribution in [2.45, 2.75) is 71.1 Å². The minimum absolute atomic E-state index is 0.199. The fraction of sp³-hybridized carbons (Fsp3) is 1.00. The first-order chi connectivity index (χ1) is 9.86. The second-order valence-electron chi connectivity index (χ2n) is 6.29. The highest BCUT2D eigenvalue weighted by molar-refractivity contribution is 7.91. The largest absolute Gasteiger partial charge is 0.378 e. The third-order valence-corrected chi connectivity index (χ3v) is 5.83. The van der Waals surface area contributed by atoms with E-state index >= 15 is 0 Å². The van der Waals surface area contributed by atoms with Gasteiger partial charge in [-0.3, -0.25) is 0 Å². The van der Waals surface area contributed by atoms with Crippen LogP contribution in [0.2, 0.25) is 0 Å². The lowest BCUT2D eigenvalue weighted by Gasteiger charge is -2.27. The zero-order valence-electron chi connectivity index (χ0n) is 13.9. The van der Waals surface area contributed by atoms with Gasteiger partial charge in [0.05, 0.1) is 24.7 Å². The Morgan fingerprint density at radius 2 is 2.05 bits per heavy atom. The second-order valence-corrected chi connectivity index (χ2v) is 8.51. The van der Waals surface area contributed by atoms with Gasteiger partial charge in [0.15, 0.2) is 9.84 Å². The molecule has 0 bridgehead atoms. The van der Waals surface area contributed by atoms with E-state index in [1.54, 1.807) is 0 Å². The Balaban J connectivity index is 0.000000219. The number of sulfone groups is 1. The Kier molecular flexibility index (Phi) is 8.16. The van der Waals surface area contributed by atoms with E-state index in [9.17, 15) is 8.42 Å². The normalized spacial score (nSPS) is 33.0. The molecule has 6 heteroatoms. The summed E-state index contributed by atoms with van der Waals surface area (Å²) in [6.07, 6.45) is 3.01. The minimum atomic E-state index is -2.71. The Hall–Kier alpha value is -0.170. The van der Waals surface area contributed by atoms with E-state index in [0.717, 1.165) is 26.1 Å². The highest BCUT2D eigenvalue weighted by Gasteiger charge is 2.27. The summed E-state index contributed by atoms with van der Waals surface area (Å²) in [7, 11) is -2.71. The maximum atomic E-state index is 11.1. The van der Waals surface area contributed by atoms with E-state index in [4.69, 9.17) is 4.74 Å². The molecule has 4 unspecified atom stereocenters. The van der Waals surface area contributed by atoms with Gasteiger partial charge < -0.3 is 15.4 Å². The van der Waals surface area contributed by atoms with Gasteiger partial charge in [-0.15, -0.1) is 0 Å². The SMILES string of the molecule is CCC(C)NC1CCS(=O)(=O)C1.CCC1COCC(C)N1. The van der Waals surface area contributed by atoms with Crippen molar-refractivity contribution in [2.75, 3.05) is 24.7 Å². The van der Waals surface area contributed by atoms with Gasteiger partial charge in [-0.2, -0.15) is 0 Å². The topological polar surface area (TPSA) is 67.4 Å². The van der Waals surface area contributed by atoms with Crippen molar-refractivity contribution in [1.29, 1.82) is 0 Å². The fourth-order valence-electron chi connectivity index (χ4n) is 2.57. The lowest BCUT2D eigenvalue weighted by molar-refractivity contribution is 0.0496. The molecule has 126 valence electrons. The molecule has 0 spiro atoms. The molecule has 0 radical (unpaired) electrons. The van der Waals surface area contributed by atoms with Crippen molar-refractivity contribution >= 4 is 9.84 Å². The summed E-state index contributed by atoms with van der Waals surface area (Å²) in [5.74, 6) is 0.693. The van der Waals surface area contributed by atoms with Crippen LogP contribution in [-0.2, 0) is 14.6 Å². The molecule has 0 aromatic heterocycles. The van der Waals surface area contributed by atoms with Gasteiger partial charge in [0.2, 0.25) is 0 Å². The Labute approximate surface area is 130 Å². The monoisotopic (exact) mass is 320 g/mol. The smallest absolute Gasteiger partial charge is 0.151 e. The Bertz CT molecular complexity index is 386. The fourth-order valence-corrected chi connectivity index (χ4v) is 4.25. The molecule has 2 rings (SSSR count). The summed E-state index contributed by atoms with van der Waals surface area (Å²) in [6.45, 7) is 10.3. The molecule has 0 aliphatic carbocycles. The van der Waals surface area contributed by atoms with Crippen LogP contribution in [0.1, 0.15) is 47.0 Å². The molecule has 2 N–H and O–H groups in total. The van der Waals surface area contributed by atoms with E-state index in [2.05, 4.69) is 38.3 Å². The number of ether oxygens (including phenoxy) is 1. The van der Waals surface area contributed by atoms with Crippen LogP contribution in [0.4, 0.5) is 0 Å². The van der Waals surface area contributed by atoms with Gasteiger partial charge in [0.25, 0.3) is 0 Å². The molecular weight excluding hydrogens is 288 g/mol. The minimum Gasteiger partial charge on any atom is -0.378 e. The maximum Gasteiger partial charge on any atom is 0.151 e. The summed E-state index contributed by atoms with van der Waals surface area (Å²) in [5, 5.41) is 6.75. The van der Waals surface area contributed by atoms with Gasteiger partial charge in [-0.25, -0.2) is 8.42 Å². The van der Waals surface area contributed by atoms with Crippen LogP contribution in [0.25, 0.3) is 0 Å². The summed E-state index contributed by atoms with van der Waals surface area (Å²) in [4.78, 5) is 0. The van der Waals surface area contributed by atoms with Gasteiger partial charge in [-0.05, 0) is 33.1 Å². The summed E-state index contributed by atoms with van der Waals surface area (Å²) in [6, 6.07) is 1.77. The molecule has 0 aromatic rings. The molecular formula is C15H32N2O3S. The van der Waals surface area contributed by atoms with Crippen molar-refractivity contribution in [1.82, 2.24) is 10.6 Å². The maximum absolute atomic E-state index is 11.1. The van der Waals surface area contributed by atoms with Gasteiger partial charge in [-0.1, -0.05) is 13.8 Å². The van der Waals surface area contributed by atoms with Crippen molar-refractivity contribution < 1.29 is 13.2 Å². The number of hydrogen-bond donors (Lipinski definition) is 2. The first-order valence-electron chi connectivity index (χ1n) is 8.16. The predicted molar refractivity (Wildman–Crippen MR) is 87.4 cm³/mol. The number of rotatable bonds is 4. The second kappa shape index (κ2) is 9.08. The van der Waals surface area contributed by atoms with Crippen molar-refractivity contribution in [3.05, 3.63) is 0 Å². The quantitative estimate of drug-likeness (QED) is 0.818. The Morgan fingerprint density at radius 1 is 1.33 bits per heavy atom. The number of nitrogens with one attached hydrogen (secondary N) is 2. The van der Waals surface area contributed by atoms with Crippen LogP contribution in [0.15, 0.2) is 0 Å². The predicted octanol–water partition coefficient (Wildman–Crippen LogP) is 1.33. The average molecular weight is 320 g/mol. The van der Waals surface area contributed by atoms with Crippen molar-refractivity contribution in [2.24, 2.45) is 0 Å². The first kappa shape index (κ1) is 18.9. The lowest BCUT2D eigenvalue weighted by atomic mass is 10.2. The first-order valence-corrected chi connectivity index (χ1v) is 9.98. The van der Waals surface area contributed by atoms with E-state index in [1.165, 1.54) is 6.42 Å². The van der Waals surface area contributed by atoms with E-state index in [0.29, 0.717) is 29.6 Å².